The van der Waals surface area contributed by atoms with Crippen molar-refractivity contribution in [1.82, 2.24) is 16.0 Å². The highest BCUT2D eigenvalue weighted by Gasteiger charge is 2.15. The number of carbonyl (C=O) groups excluding carboxylic acids is 3. The lowest BCUT2D eigenvalue weighted by atomic mass is 10.0. The number of carbonyl (C=O) groups is 3. The molecule has 0 aromatic carbocycles. The average molecular weight is 598 g/mol. The van der Waals surface area contributed by atoms with E-state index < -0.39 is 16.7 Å². The molecule has 0 saturated carbocycles. The van der Waals surface area contributed by atoms with Crippen LogP contribution in [0.25, 0.3) is 0 Å². The first-order chi connectivity index (χ1) is 20.1. The highest BCUT2D eigenvalue weighted by atomic mass is 16.5. The number of unbranched alkanes of at least 4 members (excludes halogenated alkanes) is 18. The van der Waals surface area contributed by atoms with Gasteiger partial charge in [-0.25, -0.2) is 0 Å². The summed E-state index contributed by atoms with van der Waals surface area (Å²) in [5, 5.41) is 20.8. The second-order valence-electron chi connectivity index (χ2n) is 12.6. The molecule has 1 atom stereocenters. The van der Waals surface area contributed by atoms with Gasteiger partial charge in [0.15, 0.2) is 0 Å². The Morgan fingerprint density at radius 2 is 1.10 bits per heavy atom. The third-order valence-corrected chi connectivity index (χ3v) is 7.74. The Morgan fingerprint density at radius 3 is 1.52 bits per heavy atom. The van der Waals surface area contributed by atoms with Crippen LogP contribution in [-0.2, 0) is 14.4 Å². The molecule has 9 nitrogen and oxygen atoms in total. The average Bonchev–Trinajstić information content (AvgIpc) is 2.93. The van der Waals surface area contributed by atoms with Crippen molar-refractivity contribution in [3.8, 4) is 0 Å². The fraction of sp³-hybridized carbons (Fsp3) is 0.909. The lowest BCUT2D eigenvalue weighted by molar-refractivity contribution is -0.840. The molecule has 0 radical (unpaired) electrons. The minimum atomic E-state index is -0.528. The molecule has 1 unspecified atom stereocenters. The summed E-state index contributed by atoms with van der Waals surface area (Å²) in [6.45, 7) is 3.51. The number of nitrogens with one attached hydrogen (secondary N) is 3. The van der Waals surface area contributed by atoms with Crippen LogP contribution in [0.15, 0.2) is 0 Å². The van der Waals surface area contributed by atoms with Gasteiger partial charge in [0.2, 0.25) is 17.7 Å². The summed E-state index contributed by atoms with van der Waals surface area (Å²) in [6.07, 6.45) is 25.9. The van der Waals surface area contributed by atoms with E-state index in [1.54, 1.807) is 14.1 Å². The van der Waals surface area contributed by atoms with Gasteiger partial charge in [-0.1, -0.05) is 122 Å². The van der Waals surface area contributed by atoms with E-state index in [0.29, 0.717) is 32.5 Å². The molecule has 0 aliphatic rings. The van der Waals surface area contributed by atoms with Gasteiger partial charge < -0.3 is 26.2 Å². The number of hydrogen-bond acceptors (Lipinski definition) is 5. The van der Waals surface area contributed by atoms with E-state index in [1.165, 1.54) is 109 Å². The Labute approximate surface area is 258 Å². The van der Waals surface area contributed by atoms with Crippen molar-refractivity contribution in [3.63, 3.8) is 0 Å². The van der Waals surface area contributed by atoms with Gasteiger partial charge in [-0.15, -0.1) is 0 Å². The van der Waals surface area contributed by atoms with E-state index in [-0.39, 0.29) is 24.7 Å². The summed E-state index contributed by atoms with van der Waals surface area (Å²) in [6, 6.07) is 0. The second-order valence-corrected chi connectivity index (χ2v) is 12.6. The molecular weight excluding hydrogens is 530 g/mol. The SMILES string of the molecule is CCCCCCCCCCCCCCCCCCCCCC(=O)NCCNC(CC[N+](C)(C)[O-])NC(=O)CCC(N)=O. The number of quaternary nitrogens is 1. The third kappa shape index (κ3) is 31.2. The molecule has 3 amide bonds. The summed E-state index contributed by atoms with van der Waals surface area (Å²) in [5.41, 5.74) is 5.11. The molecule has 0 aromatic rings. The molecule has 0 heterocycles. The van der Waals surface area contributed by atoms with Gasteiger partial charge in [-0.3, -0.25) is 19.7 Å². The Hall–Kier alpha value is -1.71. The monoisotopic (exact) mass is 598 g/mol. The van der Waals surface area contributed by atoms with Crippen LogP contribution in [0.2, 0.25) is 0 Å². The number of nitrogens with two attached hydrogens (primary N) is 1. The summed E-state index contributed by atoms with van der Waals surface area (Å²) in [4.78, 5) is 35.1. The fourth-order valence-electron chi connectivity index (χ4n) is 5.07. The van der Waals surface area contributed by atoms with Gasteiger partial charge in [-0.2, -0.15) is 0 Å². The van der Waals surface area contributed by atoms with Crippen molar-refractivity contribution in [2.75, 3.05) is 33.7 Å². The van der Waals surface area contributed by atoms with E-state index >= 15 is 0 Å². The topological polar surface area (TPSA) is 136 Å². The molecule has 0 fully saturated rings. The molecule has 9 heteroatoms. The van der Waals surface area contributed by atoms with Gasteiger partial charge in [0, 0.05) is 38.8 Å². The molecule has 0 rings (SSSR count). The van der Waals surface area contributed by atoms with Crippen LogP contribution in [0.1, 0.15) is 155 Å². The molecule has 42 heavy (non-hydrogen) atoms. The second kappa shape index (κ2) is 28.1. The van der Waals surface area contributed by atoms with Gasteiger partial charge in [0.05, 0.1) is 26.8 Å². The van der Waals surface area contributed by atoms with Crippen molar-refractivity contribution in [2.24, 2.45) is 5.73 Å². The summed E-state index contributed by atoms with van der Waals surface area (Å²) in [7, 11) is 3.10. The first kappa shape index (κ1) is 40.3. The van der Waals surface area contributed by atoms with E-state index in [0.717, 1.165) is 12.8 Å². The molecule has 0 aromatic heterocycles. The van der Waals surface area contributed by atoms with E-state index in [2.05, 4.69) is 22.9 Å². The van der Waals surface area contributed by atoms with Gasteiger partial charge in [-0.05, 0) is 6.42 Å². The van der Waals surface area contributed by atoms with Crippen molar-refractivity contribution in [2.45, 2.75) is 161 Å². The first-order valence-corrected chi connectivity index (χ1v) is 17.3. The predicted molar refractivity (Wildman–Crippen MR) is 174 cm³/mol. The minimum absolute atomic E-state index is 0.0132. The number of hydroxylamine groups is 3. The van der Waals surface area contributed by atoms with E-state index in [9.17, 15) is 19.6 Å². The number of rotatable bonds is 31. The molecule has 5 N–H and O–H groups in total. The zero-order valence-electron chi connectivity index (χ0n) is 27.6. The number of primary amides is 1. The van der Waals surface area contributed by atoms with Crippen LogP contribution in [0.4, 0.5) is 0 Å². The summed E-state index contributed by atoms with van der Waals surface area (Å²) >= 11 is 0. The van der Waals surface area contributed by atoms with Crippen LogP contribution >= 0.6 is 0 Å². The third-order valence-electron chi connectivity index (χ3n) is 7.74. The molecule has 0 spiro atoms. The largest absolute Gasteiger partial charge is 0.633 e. The Bertz CT molecular complexity index is 669. The van der Waals surface area contributed by atoms with Crippen LogP contribution in [0, 0.1) is 5.21 Å². The first-order valence-electron chi connectivity index (χ1n) is 17.3. The molecular formula is C33H67N5O4. The van der Waals surface area contributed by atoms with Gasteiger partial charge >= 0.3 is 0 Å². The molecule has 0 aliphatic carbocycles. The minimum Gasteiger partial charge on any atom is -0.633 e. The standard InChI is InChI=1S/C33H67N5O4/c1-4-5-6-7-8-9-10-11-12-13-14-15-16-17-18-19-20-21-22-23-32(40)36-28-27-35-31(26-29-38(2,3)42)37-33(41)25-24-30(34)39/h31,35H,4-29H2,1-3H3,(H2,34,39)(H,36,40)(H,37,41). The van der Waals surface area contributed by atoms with E-state index in [4.69, 9.17) is 5.73 Å². The highest BCUT2D eigenvalue weighted by Crippen LogP contribution is 2.14. The normalized spacial score (nSPS) is 12.3. The van der Waals surface area contributed by atoms with Crippen molar-refractivity contribution in [1.29, 1.82) is 0 Å². The predicted octanol–water partition coefficient (Wildman–Crippen LogP) is 6.19. The van der Waals surface area contributed by atoms with Gasteiger partial charge in [0.1, 0.15) is 0 Å². The molecule has 0 bridgehead atoms. The zero-order chi connectivity index (χ0) is 31.3. The highest BCUT2D eigenvalue weighted by molar-refractivity contribution is 5.82. The van der Waals surface area contributed by atoms with Crippen molar-refractivity contribution < 1.29 is 19.0 Å². The Balaban J connectivity index is 3.65. The molecule has 0 saturated heterocycles. The summed E-state index contributed by atoms with van der Waals surface area (Å²) < 4.78 is -0.467. The number of nitrogens with zero attached hydrogens (tertiary/aromatic N) is 1. The molecule has 0 aliphatic heterocycles. The maximum Gasteiger partial charge on any atom is 0.221 e. The summed E-state index contributed by atoms with van der Waals surface area (Å²) in [5.74, 6) is -0.779. The Kier molecular flexibility index (Phi) is 26.9. The van der Waals surface area contributed by atoms with Crippen LogP contribution in [-0.4, -0.2) is 62.3 Å². The quantitative estimate of drug-likeness (QED) is 0.0327. The van der Waals surface area contributed by atoms with Crippen molar-refractivity contribution in [3.05, 3.63) is 5.21 Å². The van der Waals surface area contributed by atoms with Crippen LogP contribution in [0.5, 0.6) is 0 Å². The van der Waals surface area contributed by atoms with Gasteiger partial charge in [0.25, 0.3) is 0 Å². The number of hydrogen-bond donors (Lipinski definition) is 4. The maximum absolute atomic E-state index is 12.2. The van der Waals surface area contributed by atoms with Crippen LogP contribution in [0.3, 0.4) is 0 Å². The maximum atomic E-state index is 12.2. The zero-order valence-corrected chi connectivity index (χ0v) is 27.6. The lowest BCUT2D eigenvalue weighted by Gasteiger charge is -2.35. The smallest absolute Gasteiger partial charge is 0.221 e. The van der Waals surface area contributed by atoms with Crippen LogP contribution < -0.4 is 21.7 Å². The van der Waals surface area contributed by atoms with Crippen molar-refractivity contribution >= 4 is 17.7 Å². The van der Waals surface area contributed by atoms with E-state index in [1.807, 2.05) is 0 Å². The number of amides is 3. The molecule has 248 valence electrons. The Morgan fingerprint density at radius 1 is 0.643 bits per heavy atom. The lowest BCUT2D eigenvalue weighted by Crippen LogP contribution is -2.50. The fourth-order valence-corrected chi connectivity index (χ4v) is 5.07.